The van der Waals surface area contributed by atoms with E-state index in [0.717, 1.165) is 17.0 Å². The lowest BCUT2D eigenvalue weighted by atomic mass is 10.1. The van der Waals surface area contributed by atoms with Crippen LogP contribution in [0, 0.1) is 17.6 Å². The van der Waals surface area contributed by atoms with E-state index in [2.05, 4.69) is 0 Å². The molecule has 0 saturated carbocycles. The number of benzene rings is 1. The van der Waals surface area contributed by atoms with Crippen molar-refractivity contribution < 1.29 is 23.5 Å². The van der Waals surface area contributed by atoms with Crippen LogP contribution < -0.4 is 4.90 Å². The van der Waals surface area contributed by atoms with E-state index in [1.165, 1.54) is 0 Å². The zero-order chi connectivity index (χ0) is 12.6. The van der Waals surface area contributed by atoms with Crippen LogP contribution in [0.1, 0.15) is 6.42 Å². The summed E-state index contributed by atoms with van der Waals surface area (Å²) < 4.78 is 26.1. The summed E-state index contributed by atoms with van der Waals surface area (Å²) in [5.41, 5.74) is -0.0832. The molecule has 0 bridgehead atoms. The highest BCUT2D eigenvalue weighted by atomic mass is 19.1. The van der Waals surface area contributed by atoms with Crippen molar-refractivity contribution in [2.24, 2.45) is 5.92 Å². The van der Waals surface area contributed by atoms with E-state index in [1.807, 2.05) is 0 Å². The summed E-state index contributed by atoms with van der Waals surface area (Å²) in [5.74, 6) is -4.64. The topological polar surface area (TPSA) is 57.6 Å². The number of carbonyl (C=O) groups excluding carboxylic acids is 1. The lowest BCUT2D eigenvalue weighted by Gasteiger charge is -2.16. The van der Waals surface area contributed by atoms with Gasteiger partial charge in [0.05, 0.1) is 5.69 Å². The van der Waals surface area contributed by atoms with Crippen LogP contribution in [-0.4, -0.2) is 23.5 Å². The van der Waals surface area contributed by atoms with Gasteiger partial charge in [0.15, 0.2) is 0 Å². The molecule has 4 nitrogen and oxygen atoms in total. The molecule has 1 atom stereocenters. The van der Waals surface area contributed by atoms with E-state index in [4.69, 9.17) is 5.11 Å². The Morgan fingerprint density at radius 2 is 2.12 bits per heavy atom. The quantitative estimate of drug-likeness (QED) is 0.796. The van der Waals surface area contributed by atoms with E-state index < -0.39 is 29.4 Å². The van der Waals surface area contributed by atoms with Gasteiger partial charge in [-0.25, -0.2) is 8.78 Å². The van der Waals surface area contributed by atoms with E-state index in [1.54, 1.807) is 0 Å². The monoisotopic (exact) mass is 241 g/mol. The fraction of sp³-hybridized carbons (Fsp3) is 0.273. The molecule has 1 fully saturated rings. The number of carboxylic acid groups (broad SMARTS) is 1. The maximum absolute atomic E-state index is 13.4. The first-order valence-electron chi connectivity index (χ1n) is 5.00. The van der Waals surface area contributed by atoms with Crippen LogP contribution in [0.4, 0.5) is 14.5 Å². The van der Waals surface area contributed by atoms with Gasteiger partial charge < -0.3 is 10.0 Å². The molecule has 0 aromatic heterocycles. The van der Waals surface area contributed by atoms with E-state index in [-0.39, 0.29) is 18.7 Å². The Hall–Kier alpha value is -1.98. The van der Waals surface area contributed by atoms with Gasteiger partial charge in [0, 0.05) is 12.6 Å². The van der Waals surface area contributed by atoms with Gasteiger partial charge in [-0.3, -0.25) is 9.59 Å². The largest absolute Gasteiger partial charge is 0.481 e. The number of anilines is 1. The first-order valence-corrected chi connectivity index (χ1v) is 5.00. The molecule has 1 heterocycles. The number of carbonyl (C=O) groups is 2. The van der Waals surface area contributed by atoms with Gasteiger partial charge in [-0.2, -0.15) is 0 Å². The van der Waals surface area contributed by atoms with Gasteiger partial charge in [0.25, 0.3) is 0 Å². The summed E-state index contributed by atoms with van der Waals surface area (Å²) in [6.45, 7) is 0.123. The second kappa shape index (κ2) is 4.12. The van der Waals surface area contributed by atoms with Crippen molar-refractivity contribution in [3.63, 3.8) is 0 Å². The summed E-state index contributed by atoms with van der Waals surface area (Å²) in [5, 5.41) is 8.76. The van der Waals surface area contributed by atoms with Crippen molar-refractivity contribution in [1.29, 1.82) is 0 Å². The lowest BCUT2D eigenvalue weighted by Crippen LogP contribution is -2.30. The van der Waals surface area contributed by atoms with Gasteiger partial charge >= 0.3 is 5.97 Å². The van der Waals surface area contributed by atoms with Gasteiger partial charge in [0.2, 0.25) is 5.91 Å². The first kappa shape index (κ1) is 11.5. The third kappa shape index (κ3) is 1.98. The Morgan fingerprint density at radius 1 is 1.41 bits per heavy atom. The number of aliphatic carboxylic acids is 1. The molecule has 1 aromatic carbocycles. The minimum absolute atomic E-state index is 0.0832. The van der Waals surface area contributed by atoms with Crippen molar-refractivity contribution in [2.45, 2.75) is 6.42 Å². The molecule has 1 aliphatic rings. The second-order valence-electron chi connectivity index (χ2n) is 3.77. The third-order valence-corrected chi connectivity index (χ3v) is 2.70. The number of hydrogen-bond donors (Lipinski definition) is 1. The molecule has 90 valence electrons. The summed E-state index contributed by atoms with van der Waals surface area (Å²) in [7, 11) is 0. The molecule has 1 aliphatic heterocycles. The minimum atomic E-state index is -1.22. The number of rotatable bonds is 2. The van der Waals surface area contributed by atoms with Crippen molar-refractivity contribution >= 4 is 17.6 Å². The molecule has 0 spiro atoms. The summed E-state index contributed by atoms with van der Waals surface area (Å²) in [6, 6.07) is 2.82. The van der Waals surface area contributed by atoms with Crippen LogP contribution in [0.2, 0.25) is 0 Å². The molecule has 0 unspecified atom stereocenters. The number of carboxylic acids is 1. The van der Waals surface area contributed by atoms with Gasteiger partial charge in [-0.1, -0.05) is 0 Å². The maximum atomic E-state index is 13.4. The molecular formula is C11H9F2NO3. The average Bonchev–Trinajstić information content (AvgIpc) is 2.60. The van der Waals surface area contributed by atoms with Crippen LogP contribution in [0.15, 0.2) is 18.2 Å². The maximum Gasteiger partial charge on any atom is 0.316 e. The standard InChI is InChI=1S/C11H9F2NO3/c12-6-1-2-9(8(13)5-6)14-4-3-7(10(14)15)11(16)17/h1-2,5,7H,3-4H2,(H,16,17)/t7-/m1/s1. The predicted molar refractivity (Wildman–Crippen MR) is 54.5 cm³/mol. The van der Waals surface area contributed by atoms with Gasteiger partial charge in [-0.05, 0) is 18.6 Å². The Balaban J connectivity index is 2.30. The summed E-state index contributed by atoms with van der Waals surface area (Å²) in [4.78, 5) is 23.4. The van der Waals surface area contributed by atoms with Gasteiger partial charge in [0.1, 0.15) is 17.6 Å². The number of nitrogens with zero attached hydrogens (tertiary/aromatic N) is 1. The van der Waals surface area contributed by atoms with Crippen LogP contribution in [0.3, 0.4) is 0 Å². The smallest absolute Gasteiger partial charge is 0.316 e. The Morgan fingerprint density at radius 3 is 2.65 bits per heavy atom. The van der Waals surface area contributed by atoms with Crippen molar-refractivity contribution in [1.82, 2.24) is 0 Å². The summed E-state index contributed by atoms with van der Waals surface area (Å²) in [6.07, 6.45) is 0.130. The molecule has 1 saturated heterocycles. The van der Waals surface area contributed by atoms with E-state index in [0.29, 0.717) is 6.07 Å². The van der Waals surface area contributed by atoms with Crippen molar-refractivity contribution in [3.05, 3.63) is 29.8 Å². The Kier molecular flexibility index (Phi) is 2.79. The van der Waals surface area contributed by atoms with Crippen LogP contribution >= 0.6 is 0 Å². The van der Waals surface area contributed by atoms with Crippen molar-refractivity contribution in [2.75, 3.05) is 11.4 Å². The average molecular weight is 241 g/mol. The predicted octanol–water partition coefficient (Wildman–Crippen LogP) is 1.40. The minimum Gasteiger partial charge on any atom is -0.481 e. The highest BCUT2D eigenvalue weighted by Gasteiger charge is 2.38. The zero-order valence-electron chi connectivity index (χ0n) is 8.69. The first-order chi connectivity index (χ1) is 8.00. The molecule has 1 N–H and O–H groups in total. The fourth-order valence-corrected chi connectivity index (χ4v) is 1.85. The van der Waals surface area contributed by atoms with Crippen LogP contribution in [-0.2, 0) is 9.59 Å². The molecule has 1 amide bonds. The Bertz CT molecular complexity index is 490. The SMILES string of the molecule is O=C(O)[C@@H]1CCN(c2ccc(F)cc2F)C1=O. The Labute approximate surface area is 95.5 Å². The number of halogens is 2. The molecule has 0 radical (unpaired) electrons. The highest BCUT2D eigenvalue weighted by molar-refractivity contribution is 6.07. The lowest BCUT2D eigenvalue weighted by molar-refractivity contribution is -0.144. The van der Waals surface area contributed by atoms with Crippen LogP contribution in [0.25, 0.3) is 0 Å². The molecule has 17 heavy (non-hydrogen) atoms. The molecule has 2 rings (SSSR count). The van der Waals surface area contributed by atoms with Gasteiger partial charge in [-0.15, -0.1) is 0 Å². The highest BCUT2D eigenvalue weighted by Crippen LogP contribution is 2.27. The fourth-order valence-electron chi connectivity index (χ4n) is 1.85. The zero-order valence-corrected chi connectivity index (χ0v) is 8.69. The molecule has 1 aromatic rings. The molecule has 6 heteroatoms. The van der Waals surface area contributed by atoms with Crippen molar-refractivity contribution in [3.8, 4) is 0 Å². The number of hydrogen-bond acceptors (Lipinski definition) is 2. The summed E-state index contributed by atoms with van der Waals surface area (Å²) >= 11 is 0. The number of amides is 1. The van der Waals surface area contributed by atoms with E-state index >= 15 is 0 Å². The molecular weight excluding hydrogens is 232 g/mol. The normalized spacial score (nSPS) is 19.8. The second-order valence-corrected chi connectivity index (χ2v) is 3.77. The van der Waals surface area contributed by atoms with E-state index in [9.17, 15) is 18.4 Å². The van der Waals surface area contributed by atoms with Crippen LogP contribution in [0.5, 0.6) is 0 Å². The third-order valence-electron chi connectivity index (χ3n) is 2.70. The molecule has 0 aliphatic carbocycles.